The van der Waals surface area contributed by atoms with Crippen LogP contribution in [0.4, 0.5) is 4.39 Å². The monoisotopic (exact) mass is 483 g/mol. The van der Waals surface area contributed by atoms with Crippen LogP contribution < -0.4 is 10.6 Å². The van der Waals surface area contributed by atoms with Crippen LogP contribution in [-0.4, -0.2) is 71.6 Å². The second kappa shape index (κ2) is 10.6. The average Bonchev–Trinajstić information content (AvgIpc) is 3.46. The minimum Gasteiger partial charge on any atom is -0.352 e. The zero-order valence-electron chi connectivity index (χ0n) is 20.9. The van der Waals surface area contributed by atoms with Crippen LogP contribution in [0, 0.1) is 16.7 Å². The molecule has 1 saturated carbocycles. The summed E-state index contributed by atoms with van der Waals surface area (Å²) in [6.45, 7) is 6.98. The van der Waals surface area contributed by atoms with E-state index < -0.39 is 17.6 Å². The normalized spacial score (nSPS) is 33.4. The fourth-order valence-corrected chi connectivity index (χ4v) is 5.63. The topological polar surface area (TPSA) is 88.5 Å². The highest BCUT2D eigenvalue weighted by atomic mass is 19.1. The summed E-state index contributed by atoms with van der Waals surface area (Å²) >= 11 is 0. The Labute approximate surface area is 208 Å². The Kier molecular flexibility index (Phi) is 7.77. The van der Waals surface area contributed by atoms with E-state index in [9.17, 15) is 19.2 Å². The highest BCUT2D eigenvalue weighted by Gasteiger charge is 2.43. The van der Waals surface area contributed by atoms with E-state index in [1.165, 1.54) is 10.5 Å². The molecular formula is C27H38FN5O2. The van der Waals surface area contributed by atoms with Gasteiger partial charge in [0.1, 0.15) is 12.2 Å². The number of rotatable bonds is 7. The summed E-state index contributed by atoms with van der Waals surface area (Å²) in [6.07, 6.45) is 2.99. The van der Waals surface area contributed by atoms with Crippen molar-refractivity contribution in [1.82, 2.24) is 20.4 Å². The zero-order chi connectivity index (χ0) is 25.1. The third-order valence-electron chi connectivity index (χ3n) is 8.25. The molecule has 35 heavy (non-hydrogen) atoms. The summed E-state index contributed by atoms with van der Waals surface area (Å²) in [4.78, 5) is 29.6. The van der Waals surface area contributed by atoms with E-state index in [1.54, 1.807) is 0 Å². The van der Waals surface area contributed by atoms with Crippen LogP contribution in [-0.2, 0) is 16.1 Å². The fourth-order valence-electron chi connectivity index (χ4n) is 5.63. The van der Waals surface area contributed by atoms with Crippen molar-refractivity contribution < 1.29 is 14.0 Å². The van der Waals surface area contributed by atoms with Crippen LogP contribution in [0.1, 0.15) is 57.9 Å². The Hall–Kier alpha value is -2.50. The van der Waals surface area contributed by atoms with E-state index in [1.807, 2.05) is 19.1 Å². The highest BCUT2D eigenvalue weighted by Crippen LogP contribution is 2.41. The molecule has 3 aliphatic rings. The number of likely N-dealkylation sites (tertiary alicyclic amines) is 2. The number of alkyl halides is 1. The first kappa shape index (κ1) is 25.6. The van der Waals surface area contributed by atoms with E-state index in [0.717, 1.165) is 51.7 Å². The summed E-state index contributed by atoms with van der Waals surface area (Å²) < 4.78 is 13.7. The molecule has 0 spiro atoms. The third-order valence-corrected chi connectivity index (χ3v) is 8.25. The van der Waals surface area contributed by atoms with Gasteiger partial charge < -0.3 is 15.5 Å². The molecule has 2 amide bonds. The summed E-state index contributed by atoms with van der Waals surface area (Å²) in [5.74, 6) is -0.101. The van der Waals surface area contributed by atoms with Gasteiger partial charge in [-0.1, -0.05) is 37.3 Å². The quantitative estimate of drug-likeness (QED) is 0.623. The van der Waals surface area contributed by atoms with E-state index in [2.05, 4.69) is 46.7 Å². The first-order valence-electron chi connectivity index (χ1n) is 12.9. The molecule has 0 unspecified atom stereocenters. The van der Waals surface area contributed by atoms with E-state index in [-0.39, 0.29) is 42.9 Å². The summed E-state index contributed by atoms with van der Waals surface area (Å²) in [6, 6.07) is 11.9. The van der Waals surface area contributed by atoms with E-state index in [0.29, 0.717) is 0 Å². The van der Waals surface area contributed by atoms with Gasteiger partial charge in [0.15, 0.2) is 0 Å². The second-order valence-electron chi connectivity index (χ2n) is 11.2. The Morgan fingerprint density at radius 2 is 1.86 bits per heavy atom. The van der Waals surface area contributed by atoms with Crippen LogP contribution in [0.5, 0.6) is 0 Å². The smallest absolute Gasteiger partial charge is 0.237 e. The summed E-state index contributed by atoms with van der Waals surface area (Å²) in [7, 11) is 0. The lowest BCUT2D eigenvalue weighted by molar-refractivity contribution is -0.134. The molecule has 8 heteroatoms. The molecule has 2 N–H and O–H groups in total. The SMILES string of the molecule is CC1(NCC(=O)N2C[C@@H](F)C[C@H]2C#N)CCC(C)(C(=O)N[C@H]2CCN(Cc3ccccc3)C2)CC1. The number of carbonyl (C=O) groups excluding carboxylic acids is 2. The Morgan fingerprint density at radius 1 is 1.14 bits per heavy atom. The minimum atomic E-state index is -1.13. The zero-order valence-corrected chi connectivity index (χ0v) is 20.9. The average molecular weight is 484 g/mol. The predicted molar refractivity (Wildman–Crippen MR) is 132 cm³/mol. The lowest BCUT2D eigenvalue weighted by Gasteiger charge is -2.43. The van der Waals surface area contributed by atoms with Crippen molar-refractivity contribution in [1.29, 1.82) is 5.26 Å². The molecule has 3 fully saturated rings. The number of hydrogen-bond acceptors (Lipinski definition) is 5. The van der Waals surface area contributed by atoms with Crippen molar-refractivity contribution in [3.8, 4) is 6.07 Å². The number of benzene rings is 1. The summed E-state index contributed by atoms with van der Waals surface area (Å²) in [5, 5.41) is 15.9. The molecule has 0 aromatic heterocycles. The highest BCUT2D eigenvalue weighted by molar-refractivity contribution is 5.82. The Bertz CT molecular complexity index is 941. The van der Waals surface area contributed by atoms with Gasteiger partial charge in [0, 0.05) is 43.1 Å². The van der Waals surface area contributed by atoms with Gasteiger partial charge in [0.25, 0.3) is 0 Å². The molecule has 4 rings (SSSR count). The van der Waals surface area contributed by atoms with Crippen LogP contribution in [0.2, 0.25) is 0 Å². The minimum absolute atomic E-state index is 0.00234. The van der Waals surface area contributed by atoms with Gasteiger partial charge in [-0.3, -0.25) is 14.5 Å². The van der Waals surface area contributed by atoms with Gasteiger partial charge >= 0.3 is 0 Å². The van der Waals surface area contributed by atoms with Gasteiger partial charge in [-0.05, 0) is 44.6 Å². The van der Waals surface area contributed by atoms with Crippen LogP contribution in [0.3, 0.4) is 0 Å². The van der Waals surface area contributed by atoms with E-state index >= 15 is 0 Å². The third kappa shape index (κ3) is 6.20. The van der Waals surface area contributed by atoms with Gasteiger partial charge in [0.05, 0.1) is 19.2 Å². The molecule has 7 nitrogen and oxygen atoms in total. The molecule has 1 aliphatic carbocycles. The number of nitrogens with zero attached hydrogens (tertiary/aromatic N) is 3. The molecule has 2 saturated heterocycles. The Balaban J connectivity index is 1.22. The number of nitrogens with one attached hydrogen (secondary N) is 2. The van der Waals surface area contributed by atoms with Crippen LogP contribution in [0.15, 0.2) is 30.3 Å². The van der Waals surface area contributed by atoms with Crippen molar-refractivity contribution in [2.24, 2.45) is 5.41 Å². The maximum Gasteiger partial charge on any atom is 0.237 e. The number of amides is 2. The number of halogens is 1. The van der Waals surface area contributed by atoms with Crippen LogP contribution >= 0.6 is 0 Å². The predicted octanol–water partition coefficient (Wildman–Crippen LogP) is 2.77. The maximum absolute atomic E-state index is 13.7. The molecule has 1 aromatic rings. The maximum atomic E-state index is 13.7. The van der Waals surface area contributed by atoms with Gasteiger partial charge in [-0.2, -0.15) is 5.26 Å². The standard InChI is InChI=1S/C27H38FN5O2/c1-26(25(35)31-22-8-13-32(19-22)17-20-6-4-3-5-7-20)9-11-27(2,12-10-26)30-16-24(34)33-18-21(28)14-23(33)15-29/h3-7,21-23,30H,8-14,16-19H2,1-2H3,(H,31,35)/t21-,22-,23-,26?,27?/m0/s1. The number of nitriles is 1. The lowest BCUT2D eigenvalue weighted by Crippen LogP contribution is -2.54. The first-order chi connectivity index (χ1) is 16.7. The molecule has 2 aliphatic heterocycles. The lowest BCUT2D eigenvalue weighted by atomic mass is 9.68. The fraction of sp³-hybridized carbons (Fsp3) is 0.667. The van der Waals surface area contributed by atoms with Gasteiger partial charge in [-0.15, -0.1) is 0 Å². The molecule has 0 bridgehead atoms. The second-order valence-corrected chi connectivity index (χ2v) is 11.2. The van der Waals surface area contributed by atoms with Crippen LogP contribution in [0.25, 0.3) is 0 Å². The molecular weight excluding hydrogens is 445 g/mol. The molecule has 2 heterocycles. The molecule has 1 aromatic carbocycles. The first-order valence-corrected chi connectivity index (χ1v) is 12.9. The van der Waals surface area contributed by atoms with Crippen molar-refractivity contribution in [3.63, 3.8) is 0 Å². The van der Waals surface area contributed by atoms with Crippen molar-refractivity contribution in [2.75, 3.05) is 26.2 Å². The van der Waals surface area contributed by atoms with Crippen molar-refractivity contribution in [2.45, 2.75) is 82.7 Å². The molecule has 190 valence electrons. The van der Waals surface area contributed by atoms with Crippen molar-refractivity contribution in [3.05, 3.63) is 35.9 Å². The number of carbonyl (C=O) groups is 2. The molecule has 0 radical (unpaired) electrons. The van der Waals surface area contributed by atoms with Crippen molar-refractivity contribution >= 4 is 11.8 Å². The summed E-state index contributed by atoms with van der Waals surface area (Å²) in [5.41, 5.74) is 0.619. The molecule has 3 atom stereocenters. The van der Waals surface area contributed by atoms with Gasteiger partial charge in [-0.25, -0.2) is 4.39 Å². The van der Waals surface area contributed by atoms with E-state index in [4.69, 9.17) is 0 Å². The number of hydrogen-bond donors (Lipinski definition) is 2. The Morgan fingerprint density at radius 3 is 2.54 bits per heavy atom. The largest absolute Gasteiger partial charge is 0.352 e. The van der Waals surface area contributed by atoms with Gasteiger partial charge in [0.2, 0.25) is 11.8 Å².